The topological polar surface area (TPSA) is 29.3 Å². The van der Waals surface area contributed by atoms with Crippen LogP contribution in [0.15, 0.2) is 0 Å². The molecule has 2 nitrogen and oxygen atoms in total. The van der Waals surface area contributed by atoms with E-state index in [4.69, 9.17) is 5.73 Å². The van der Waals surface area contributed by atoms with E-state index in [1.54, 1.807) is 0 Å². The SMILES string of the molecule is CCC1CCCN1C1CCCCCCC1N. The van der Waals surface area contributed by atoms with Gasteiger partial charge in [0.1, 0.15) is 0 Å². The third-order valence-electron chi connectivity index (χ3n) is 4.60. The van der Waals surface area contributed by atoms with Crippen molar-refractivity contribution in [3.05, 3.63) is 0 Å². The molecule has 2 aliphatic rings. The lowest BCUT2D eigenvalue weighted by Crippen LogP contribution is -2.50. The molecule has 0 amide bonds. The Kier molecular flexibility index (Phi) is 4.66. The van der Waals surface area contributed by atoms with Crippen molar-refractivity contribution in [3.63, 3.8) is 0 Å². The minimum atomic E-state index is 0.437. The van der Waals surface area contributed by atoms with Crippen LogP contribution in [0.2, 0.25) is 0 Å². The third kappa shape index (κ3) is 2.78. The van der Waals surface area contributed by atoms with E-state index in [0.29, 0.717) is 12.1 Å². The fourth-order valence-corrected chi connectivity index (χ4v) is 3.64. The molecule has 0 radical (unpaired) electrons. The Hall–Kier alpha value is -0.0800. The summed E-state index contributed by atoms with van der Waals surface area (Å²) in [6, 6.07) is 1.95. The fraction of sp³-hybridized carbons (Fsp3) is 1.00. The van der Waals surface area contributed by atoms with E-state index in [2.05, 4.69) is 11.8 Å². The Balaban J connectivity index is 1.98. The van der Waals surface area contributed by atoms with Crippen LogP contribution in [0.25, 0.3) is 0 Å². The lowest BCUT2D eigenvalue weighted by Gasteiger charge is -2.37. The van der Waals surface area contributed by atoms with Gasteiger partial charge in [0.15, 0.2) is 0 Å². The molecule has 1 saturated carbocycles. The van der Waals surface area contributed by atoms with Crippen molar-refractivity contribution in [2.24, 2.45) is 5.73 Å². The van der Waals surface area contributed by atoms with Crippen LogP contribution in [0.1, 0.15) is 64.7 Å². The third-order valence-corrected chi connectivity index (χ3v) is 4.60. The Morgan fingerprint density at radius 2 is 1.75 bits per heavy atom. The second-order valence-electron chi connectivity index (χ2n) is 5.66. The van der Waals surface area contributed by atoms with Crippen molar-refractivity contribution < 1.29 is 0 Å². The number of rotatable bonds is 2. The lowest BCUT2D eigenvalue weighted by atomic mass is 9.91. The number of hydrogen-bond donors (Lipinski definition) is 1. The predicted octanol–water partition coefficient (Wildman–Crippen LogP) is 2.91. The van der Waals surface area contributed by atoms with Gasteiger partial charge in [-0.2, -0.15) is 0 Å². The van der Waals surface area contributed by atoms with Crippen LogP contribution >= 0.6 is 0 Å². The van der Waals surface area contributed by atoms with Gasteiger partial charge in [-0.05, 0) is 38.6 Å². The molecule has 2 N–H and O–H groups in total. The maximum absolute atomic E-state index is 6.40. The lowest BCUT2D eigenvalue weighted by molar-refractivity contribution is 0.132. The van der Waals surface area contributed by atoms with Crippen molar-refractivity contribution in [1.82, 2.24) is 4.90 Å². The average Bonchev–Trinajstić information content (AvgIpc) is 2.72. The van der Waals surface area contributed by atoms with Gasteiger partial charge in [0.2, 0.25) is 0 Å². The summed E-state index contributed by atoms with van der Waals surface area (Å²) >= 11 is 0. The molecule has 16 heavy (non-hydrogen) atoms. The van der Waals surface area contributed by atoms with Crippen molar-refractivity contribution in [2.45, 2.75) is 82.8 Å². The summed E-state index contributed by atoms with van der Waals surface area (Å²) in [5, 5.41) is 0. The monoisotopic (exact) mass is 224 g/mol. The molecule has 2 heteroatoms. The first-order chi connectivity index (χ1) is 7.83. The maximum Gasteiger partial charge on any atom is 0.0250 e. The number of nitrogens with zero attached hydrogens (tertiary/aromatic N) is 1. The van der Waals surface area contributed by atoms with Crippen LogP contribution in [0.5, 0.6) is 0 Å². The van der Waals surface area contributed by atoms with Gasteiger partial charge in [-0.15, -0.1) is 0 Å². The van der Waals surface area contributed by atoms with Crippen molar-refractivity contribution in [1.29, 1.82) is 0 Å². The van der Waals surface area contributed by atoms with Crippen LogP contribution < -0.4 is 5.73 Å². The molecule has 1 heterocycles. The van der Waals surface area contributed by atoms with Crippen LogP contribution in [0, 0.1) is 0 Å². The molecule has 3 atom stereocenters. The molecule has 2 rings (SSSR count). The minimum Gasteiger partial charge on any atom is -0.326 e. The van der Waals surface area contributed by atoms with Crippen LogP contribution in [-0.2, 0) is 0 Å². The van der Waals surface area contributed by atoms with Gasteiger partial charge in [0.05, 0.1) is 0 Å². The fourth-order valence-electron chi connectivity index (χ4n) is 3.64. The summed E-state index contributed by atoms with van der Waals surface area (Å²) in [6.45, 7) is 3.63. The van der Waals surface area contributed by atoms with Crippen LogP contribution in [-0.4, -0.2) is 29.6 Å². The zero-order valence-electron chi connectivity index (χ0n) is 10.8. The largest absolute Gasteiger partial charge is 0.326 e. The Bertz CT molecular complexity index is 205. The molecule has 0 bridgehead atoms. The van der Waals surface area contributed by atoms with Gasteiger partial charge in [-0.3, -0.25) is 4.90 Å². The smallest absolute Gasteiger partial charge is 0.0250 e. The van der Waals surface area contributed by atoms with E-state index >= 15 is 0 Å². The first-order valence-electron chi connectivity index (χ1n) is 7.34. The molecule has 0 aromatic heterocycles. The van der Waals surface area contributed by atoms with E-state index in [0.717, 1.165) is 6.04 Å². The van der Waals surface area contributed by atoms with E-state index in [9.17, 15) is 0 Å². The quantitative estimate of drug-likeness (QED) is 0.781. The second-order valence-corrected chi connectivity index (χ2v) is 5.66. The summed E-state index contributed by atoms with van der Waals surface area (Å²) in [6.07, 6.45) is 12.3. The molecule has 2 fully saturated rings. The highest BCUT2D eigenvalue weighted by atomic mass is 15.2. The standard InChI is InChI=1S/C14H28N2/c1-2-12-8-7-11-16(12)14-10-6-4-3-5-9-13(14)15/h12-14H,2-11,15H2,1H3. The first kappa shape index (κ1) is 12.4. The Morgan fingerprint density at radius 1 is 1.00 bits per heavy atom. The average molecular weight is 224 g/mol. The predicted molar refractivity (Wildman–Crippen MR) is 69.5 cm³/mol. The summed E-state index contributed by atoms with van der Waals surface area (Å²) < 4.78 is 0. The Morgan fingerprint density at radius 3 is 2.50 bits per heavy atom. The molecule has 1 aliphatic heterocycles. The number of likely N-dealkylation sites (tertiary alicyclic amines) is 1. The van der Waals surface area contributed by atoms with E-state index in [1.807, 2.05) is 0 Å². The molecule has 1 saturated heterocycles. The highest BCUT2D eigenvalue weighted by molar-refractivity contribution is 4.90. The second kappa shape index (κ2) is 6.02. The van der Waals surface area contributed by atoms with Crippen LogP contribution in [0.4, 0.5) is 0 Å². The summed E-state index contributed by atoms with van der Waals surface area (Å²) in [5.74, 6) is 0. The van der Waals surface area contributed by atoms with Gasteiger partial charge >= 0.3 is 0 Å². The van der Waals surface area contributed by atoms with Gasteiger partial charge < -0.3 is 5.73 Å². The summed E-state index contributed by atoms with van der Waals surface area (Å²) in [7, 11) is 0. The van der Waals surface area contributed by atoms with Gasteiger partial charge in [-0.25, -0.2) is 0 Å². The van der Waals surface area contributed by atoms with E-state index in [1.165, 1.54) is 64.3 Å². The van der Waals surface area contributed by atoms with Gasteiger partial charge in [-0.1, -0.05) is 32.6 Å². The molecular weight excluding hydrogens is 196 g/mol. The highest BCUT2D eigenvalue weighted by Crippen LogP contribution is 2.28. The zero-order chi connectivity index (χ0) is 11.4. The van der Waals surface area contributed by atoms with E-state index < -0.39 is 0 Å². The number of hydrogen-bond acceptors (Lipinski definition) is 2. The van der Waals surface area contributed by atoms with Crippen molar-refractivity contribution in [3.8, 4) is 0 Å². The molecular formula is C14H28N2. The Labute approximate surface area is 101 Å². The number of nitrogens with two attached hydrogens (primary N) is 1. The molecule has 0 spiro atoms. The maximum atomic E-state index is 6.40. The summed E-state index contributed by atoms with van der Waals surface area (Å²) in [4.78, 5) is 2.75. The zero-order valence-corrected chi connectivity index (χ0v) is 10.8. The van der Waals surface area contributed by atoms with Crippen molar-refractivity contribution in [2.75, 3.05) is 6.54 Å². The van der Waals surface area contributed by atoms with Gasteiger partial charge in [0, 0.05) is 18.1 Å². The highest BCUT2D eigenvalue weighted by Gasteiger charge is 2.32. The van der Waals surface area contributed by atoms with Crippen LogP contribution in [0.3, 0.4) is 0 Å². The molecule has 1 aliphatic carbocycles. The summed E-state index contributed by atoms with van der Waals surface area (Å²) in [5.41, 5.74) is 6.40. The van der Waals surface area contributed by atoms with Crippen molar-refractivity contribution >= 4 is 0 Å². The van der Waals surface area contributed by atoms with E-state index in [-0.39, 0.29) is 0 Å². The normalized spacial score (nSPS) is 38.2. The molecule has 0 aromatic carbocycles. The first-order valence-corrected chi connectivity index (χ1v) is 7.34. The molecule has 3 unspecified atom stereocenters. The minimum absolute atomic E-state index is 0.437. The van der Waals surface area contributed by atoms with Gasteiger partial charge in [0.25, 0.3) is 0 Å². The molecule has 0 aromatic rings. The molecule has 94 valence electrons.